The van der Waals surface area contributed by atoms with E-state index in [2.05, 4.69) is 112 Å². The Balaban J connectivity index is 0.0000169. The molecule has 0 aromatic heterocycles. The van der Waals surface area contributed by atoms with Gasteiger partial charge in [0.05, 0.1) is 0 Å². The number of hydrogen-bond acceptors (Lipinski definition) is 0. The Morgan fingerprint density at radius 3 is 0.575 bits per heavy atom. The molecule has 0 spiro atoms. The third kappa shape index (κ3) is 79.0. The van der Waals surface area contributed by atoms with Gasteiger partial charge in [-0.3, -0.25) is 0 Å². The monoisotopic (exact) mass is 1800 g/mol. The molecule has 0 N–H and O–H groups in total. The van der Waals surface area contributed by atoms with Crippen LogP contribution in [0.15, 0.2) is 47.5 Å². The molecule has 0 atom stereocenters. The molecule has 5 heteroatoms. The van der Waals surface area contributed by atoms with E-state index >= 15 is 0 Å². The predicted molar refractivity (Wildman–Crippen MR) is 571 cm³/mol. The van der Waals surface area contributed by atoms with E-state index in [4.69, 9.17) is 0 Å². The van der Waals surface area contributed by atoms with Crippen LogP contribution in [-0.4, -0.2) is 31.9 Å². The van der Waals surface area contributed by atoms with Crippen molar-refractivity contribution < 1.29 is 21.2 Å². The molecule has 0 fully saturated rings. The van der Waals surface area contributed by atoms with Crippen LogP contribution >= 0.6 is 0 Å². The molecule has 1 aliphatic heterocycles. The number of rotatable bonds is 92. The molecule has 0 aliphatic carbocycles. The summed E-state index contributed by atoms with van der Waals surface area (Å²) >= 11 is 0. The van der Waals surface area contributed by atoms with Crippen molar-refractivity contribution in [2.24, 2.45) is 0 Å². The topological polar surface area (TPSA) is 53.5 Å². The van der Waals surface area contributed by atoms with Gasteiger partial charge < -0.3 is 16.2 Å². The summed E-state index contributed by atoms with van der Waals surface area (Å²) in [6.45, 7) is 19.9. The molecule has 1 heterocycles. The fourth-order valence-corrected chi connectivity index (χ4v) is 19.0. The van der Waals surface area contributed by atoms with Gasteiger partial charge in [-0.1, -0.05) is 586 Å². The van der Waals surface area contributed by atoms with Gasteiger partial charge in [0, 0.05) is 46.2 Å². The smallest absolute Gasteiger partial charge is 0.665 e. The van der Waals surface area contributed by atoms with Crippen molar-refractivity contribution in [2.45, 2.75) is 633 Å². The third-order valence-electron chi connectivity index (χ3n) is 27.5. The minimum absolute atomic E-state index is 0. The Bertz CT molecular complexity index is 2670. The molecule has 3 rings (SSSR count). The van der Waals surface area contributed by atoms with Gasteiger partial charge in [0.2, 0.25) is 11.4 Å². The van der Waals surface area contributed by atoms with Crippen molar-refractivity contribution >= 4 is 11.4 Å². The third-order valence-corrected chi connectivity index (χ3v) is 27.5. The van der Waals surface area contributed by atoms with Crippen LogP contribution in [0.5, 0.6) is 0 Å². The minimum Gasteiger partial charge on any atom is -0.665 e. The zero-order chi connectivity index (χ0) is 90.9. The van der Waals surface area contributed by atoms with Crippen LogP contribution in [0.2, 0.25) is 0 Å². The van der Waals surface area contributed by atoms with Crippen LogP contribution in [0.25, 0.3) is 27.6 Å². The van der Waals surface area contributed by atoms with E-state index in [9.17, 15) is 5.53 Å². The molecule has 0 unspecified atom stereocenters. The van der Waals surface area contributed by atoms with Crippen molar-refractivity contribution in [1.82, 2.24) is 0 Å². The van der Waals surface area contributed by atoms with Crippen LogP contribution < -0.4 is 0 Å². The molecule has 2 aromatic carbocycles. The summed E-state index contributed by atoms with van der Waals surface area (Å²) in [5.74, 6) is 14.7. The summed E-state index contributed by atoms with van der Waals surface area (Å²) in [4.78, 5) is 0. The summed E-state index contributed by atoms with van der Waals surface area (Å²) in [7, 11) is 3.61. The molecule has 4 nitrogen and oxygen atoms in total. The van der Waals surface area contributed by atoms with Crippen LogP contribution in [0, 0.1) is 23.7 Å². The van der Waals surface area contributed by atoms with Gasteiger partial charge in [-0.25, -0.2) is 4.70 Å². The molecule has 0 bridgehead atoms. The van der Waals surface area contributed by atoms with Crippen LogP contribution in [0.1, 0.15) is 654 Å². The molecule has 2 aromatic rings. The number of benzene rings is 2. The van der Waals surface area contributed by atoms with E-state index < -0.39 is 0 Å². The zero-order valence-electron chi connectivity index (χ0n) is 87.6. The van der Waals surface area contributed by atoms with E-state index in [0.717, 1.165) is 105 Å². The second kappa shape index (κ2) is 102. The molecule has 738 valence electrons. The Labute approximate surface area is 808 Å². The molecule has 0 saturated carbocycles. The first-order valence-electron chi connectivity index (χ1n) is 57.7. The van der Waals surface area contributed by atoms with Gasteiger partial charge in [0.15, 0.2) is 0 Å². The van der Waals surface area contributed by atoms with E-state index in [-0.39, 0.29) is 16.5 Å². The summed E-state index contributed by atoms with van der Waals surface area (Å²) in [5, 5.41) is 7.47. The van der Waals surface area contributed by atoms with Gasteiger partial charge in [0.25, 0.3) is 0 Å². The summed E-state index contributed by atoms with van der Waals surface area (Å²) in [6.07, 6.45) is 123. The molecule has 0 radical (unpaired) electrons. The number of unbranched alkanes of at least 4 members (excludes halogenated alkanes) is 80. The first-order chi connectivity index (χ1) is 62.3. The van der Waals surface area contributed by atoms with Crippen molar-refractivity contribution in [3.05, 3.63) is 97.1 Å². The fraction of sp³-hybridized carbons (Fsp3) is 0.836. The maximum atomic E-state index is 13.3. The first kappa shape index (κ1) is 124. The fourth-order valence-electron chi connectivity index (χ4n) is 19.0. The van der Waals surface area contributed by atoms with E-state index in [0.29, 0.717) is 0 Å². The number of nitrogens with zero attached hydrogens (tertiary/aromatic N) is 4. The Morgan fingerprint density at radius 2 is 0.386 bits per heavy atom. The molecular weight excluding hydrogens is 1580 g/mol. The Morgan fingerprint density at radius 1 is 0.213 bits per heavy atom. The summed E-state index contributed by atoms with van der Waals surface area (Å²) < 4.78 is 1.69. The Kier molecular flexibility index (Phi) is 99.6. The molecule has 1 aliphatic rings. The van der Waals surface area contributed by atoms with Gasteiger partial charge in [0.1, 0.15) is 0 Å². The van der Waals surface area contributed by atoms with Crippen molar-refractivity contribution in [1.29, 1.82) is 0 Å². The summed E-state index contributed by atoms with van der Waals surface area (Å²) in [6, 6.07) is 14.5. The minimum atomic E-state index is 0. The average molecular weight is 1800 g/mol. The van der Waals surface area contributed by atoms with Crippen LogP contribution in [-0.2, 0) is 29.3 Å². The number of aryl methyl sites for hydroxylation is 2. The van der Waals surface area contributed by atoms with Crippen LogP contribution in [0.4, 0.5) is 0 Å². The zero-order valence-corrected chi connectivity index (χ0v) is 88.6. The van der Waals surface area contributed by atoms with E-state index in [1.54, 1.807) is 18.8 Å². The molecule has 0 saturated heterocycles. The molecular formula is C122H220N4Ni. The first-order valence-corrected chi connectivity index (χ1v) is 57.7. The predicted octanol–water partition coefficient (Wildman–Crippen LogP) is 43.1. The molecule has 0 amide bonds. The van der Waals surface area contributed by atoms with E-state index in [1.807, 2.05) is 13.8 Å². The number of allylic oxidation sites excluding steroid dienone is 2. The van der Waals surface area contributed by atoms with Crippen LogP contribution in [0.3, 0.4) is 0 Å². The molecule has 127 heavy (non-hydrogen) atoms. The largest absolute Gasteiger partial charge is 2.00 e. The van der Waals surface area contributed by atoms with Gasteiger partial charge in [-0.15, -0.1) is 0 Å². The maximum Gasteiger partial charge on any atom is 2.00 e. The maximum absolute atomic E-state index is 13.3. The van der Waals surface area contributed by atoms with Crippen molar-refractivity contribution in [3.63, 3.8) is 0 Å². The average Bonchev–Trinajstić information content (AvgIpc) is 1.60. The van der Waals surface area contributed by atoms with Crippen molar-refractivity contribution in [3.8, 4) is 23.7 Å². The van der Waals surface area contributed by atoms with E-state index in [1.165, 1.54) is 542 Å². The standard InChI is InChI=1S/C116H204N2.2C3H8N.Ni/c1-7-13-19-23-27-31-35-39-43-45-47-49-51-53-55-57-59-61-63-65-67-69-73-77-81-85-89-93-97-109-102-110(98-94-90-86-82-78-74-70-68-66-64-62-60-58-56-54-52-50-48-46-44-40-36-32-28-24-20-14-8-2)106-112(105-109)116-114(100-18-12-6)113(99-17-11-5)115(118(116)117)111-103-107(95-91-87-83-79-75-71-41-37-33-29-25-21-15-9-3)101-108(104-111)96-92-88-84-80-76-72-42-38-34-30-26-22-16-10-4;2*1-3-4-2;/h101-106H,7-90,93-94,97-100H2,1-6H3;2*3H2,1-2H3;/q;2*-1;+2. The van der Waals surface area contributed by atoms with Gasteiger partial charge >= 0.3 is 16.5 Å². The quantitative estimate of drug-likeness (QED) is 0.0274. The summed E-state index contributed by atoms with van der Waals surface area (Å²) in [5.41, 5.74) is 25.4. The second-order valence-corrected chi connectivity index (χ2v) is 39.7. The van der Waals surface area contributed by atoms with Gasteiger partial charge in [-0.05, 0) is 106 Å². The normalized spacial score (nSPS) is 11.9. The Hall–Kier alpha value is -2.95. The van der Waals surface area contributed by atoms with Crippen molar-refractivity contribution in [2.75, 3.05) is 27.2 Å². The SMILES string of the molecule is CCCCCCCCCCCCCCC#Cc1cc(C#CCCCCCCCCCCCCCC)cc(C2=C(CCCC)C(CCCC)=C(c3cc(CCCCCCCCCCCCCCCCCCCCCCCCCCCCCC)cc(CCCCCCCCCCCCCCCCCCCCCCCCCCCCCC)c3)[N+]2=[N-])c1.CC[N-]C.CC[N-]C.[Ni+2]. The number of hydrogen-bond donors (Lipinski definition) is 0. The van der Waals surface area contributed by atoms with Gasteiger partial charge in [-0.2, -0.15) is 27.2 Å². The second-order valence-electron chi connectivity index (χ2n) is 39.7.